The molecule has 8 nitrogen and oxygen atoms in total. The topological polar surface area (TPSA) is 84.4 Å². The average Bonchev–Trinajstić information content (AvgIpc) is 3.17. The fourth-order valence-corrected chi connectivity index (χ4v) is 3.21. The van der Waals surface area contributed by atoms with Crippen molar-refractivity contribution in [2.45, 2.75) is 24.2 Å². The van der Waals surface area contributed by atoms with Gasteiger partial charge in [0.1, 0.15) is 11.6 Å². The fraction of sp³-hybridized carbons (Fsp3) is 0.500. The summed E-state index contributed by atoms with van der Waals surface area (Å²) in [6.45, 7) is 0. The lowest BCUT2D eigenvalue weighted by Gasteiger charge is -2.40. The summed E-state index contributed by atoms with van der Waals surface area (Å²) in [7, 11) is 7.56. The van der Waals surface area contributed by atoms with Gasteiger partial charge in [0, 0.05) is 65.4 Å². The van der Waals surface area contributed by atoms with Crippen LogP contribution in [0.15, 0.2) is 34.8 Å². The lowest BCUT2D eigenvalue weighted by Crippen LogP contribution is -2.60. The van der Waals surface area contributed by atoms with Crippen LogP contribution in [0.25, 0.3) is 0 Å². The van der Waals surface area contributed by atoms with E-state index in [9.17, 15) is 0 Å². The molecule has 0 spiro atoms. The molecule has 4 unspecified atom stereocenters. The minimum atomic E-state index is -0.0318. The summed E-state index contributed by atoms with van der Waals surface area (Å²) in [6, 6.07) is -0.0138. The van der Waals surface area contributed by atoms with Crippen molar-refractivity contribution >= 4 is 12.4 Å². The Bertz CT molecular complexity index is 666. The van der Waals surface area contributed by atoms with Gasteiger partial charge >= 0.3 is 0 Å². The average molecular weight is 328 g/mol. The van der Waals surface area contributed by atoms with E-state index >= 15 is 0 Å². The van der Waals surface area contributed by atoms with Gasteiger partial charge in [-0.05, 0) is 0 Å². The molecule has 0 radical (unpaired) electrons. The van der Waals surface area contributed by atoms with Crippen molar-refractivity contribution < 1.29 is 0 Å². The van der Waals surface area contributed by atoms with Crippen molar-refractivity contribution in [3.8, 4) is 0 Å². The molecule has 0 bridgehead atoms. The van der Waals surface area contributed by atoms with Gasteiger partial charge in [0.05, 0.1) is 24.2 Å². The van der Waals surface area contributed by atoms with Crippen LogP contribution in [0.5, 0.6) is 0 Å². The third-order valence-electron chi connectivity index (χ3n) is 4.36. The second kappa shape index (κ2) is 7.06. The highest BCUT2D eigenvalue weighted by atomic mass is 15.2. The Kier molecular flexibility index (Phi) is 4.86. The molecule has 0 amide bonds. The van der Waals surface area contributed by atoms with E-state index in [4.69, 9.17) is 0 Å². The molecule has 0 aromatic carbocycles. The fourth-order valence-electron chi connectivity index (χ4n) is 3.21. The maximum absolute atomic E-state index is 4.54. The molecule has 2 aromatic rings. The first kappa shape index (κ1) is 16.5. The van der Waals surface area contributed by atoms with Gasteiger partial charge in [-0.2, -0.15) is 0 Å². The SMILES string of the molecule is CN=CC1NC(c2nccn2C)C(c2nccn2C)NC1C=NC. The number of hydrogen-bond acceptors (Lipinski definition) is 6. The summed E-state index contributed by atoms with van der Waals surface area (Å²) in [5, 5.41) is 7.32. The van der Waals surface area contributed by atoms with Crippen LogP contribution in [-0.2, 0) is 14.1 Å². The van der Waals surface area contributed by atoms with Crippen molar-refractivity contribution in [1.82, 2.24) is 29.7 Å². The first-order chi connectivity index (χ1) is 11.7. The number of piperazine rings is 1. The van der Waals surface area contributed by atoms with Gasteiger partial charge in [-0.3, -0.25) is 20.6 Å². The molecule has 3 rings (SSSR count). The monoisotopic (exact) mass is 328 g/mol. The summed E-state index contributed by atoms with van der Waals surface area (Å²) >= 11 is 0. The van der Waals surface area contributed by atoms with Crippen molar-refractivity contribution in [1.29, 1.82) is 0 Å². The largest absolute Gasteiger partial charge is 0.337 e. The third-order valence-corrected chi connectivity index (χ3v) is 4.36. The molecule has 0 saturated carbocycles. The standard InChI is InChI=1S/C16H24N8/c1-17-9-11-12(10-18-2)22-14(16-20-6-8-24(16)4)13(21-11)15-19-5-7-23(15)3/h5-14,21-22H,1-4H3. The van der Waals surface area contributed by atoms with Crippen LogP contribution in [0.1, 0.15) is 23.7 Å². The number of aliphatic imine (C=N–C) groups is 2. The van der Waals surface area contributed by atoms with Gasteiger partial charge in [-0.1, -0.05) is 0 Å². The highest BCUT2D eigenvalue weighted by molar-refractivity contribution is 5.77. The second-order valence-corrected chi connectivity index (χ2v) is 5.95. The molecule has 2 N–H and O–H groups in total. The van der Waals surface area contributed by atoms with Crippen molar-refractivity contribution in [3.63, 3.8) is 0 Å². The Balaban J connectivity index is 2.02. The van der Waals surface area contributed by atoms with Crippen LogP contribution >= 0.6 is 0 Å². The van der Waals surface area contributed by atoms with Gasteiger partial charge in [0.15, 0.2) is 0 Å². The van der Waals surface area contributed by atoms with E-state index in [0.717, 1.165) is 11.6 Å². The molecule has 3 heterocycles. The predicted molar refractivity (Wildman–Crippen MR) is 94.6 cm³/mol. The number of aryl methyl sites for hydroxylation is 2. The first-order valence-electron chi connectivity index (χ1n) is 7.96. The highest BCUT2D eigenvalue weighted by Crippen LogP contribution is 2.31. The molecule has 1 fully saturated rings. The summed E-state index contributed by atoms with van der Waals surface area (Å²) in [5.74, 6) is 1.91. The minimum Gasteiger partial charge on any atom is -0.337 e. The molecule has 1 aliphatic rings. The Morgan fingerprint density at radius 3 is 1.58 bits per heavy atom. The van der Waals surface area contributed by atoms with Gasteiger partial charge in [-0.25, -0.2) is 9.97 Å². The van der Waals surface area contributed by atoms with E-state index in [-0.39, 0.29) is 24.2 Å². The quantitative estimate of drug-likeness (QED) is 0.789. The molecule has 1 saturated heterocycles. The molecule has 1 aliphatic heterocycles. The zero-order chi connectivity index (χ0) is 17.1. The zero-order valence-corrected chi connectivity index (χ0v) is 14.5. The van der Waals surface area contributed by atoms with Crippen molar-refractivity contribution in [2.24, 2.45) is 24.1 Å². The van der Waals surface area contributed by atoms with Crippen LogP contribution < -0.4 is 10.6 Å². The molecule has 0 aliphatic carbocycles. The van der Waals surface area contributed by atoms with Crippen LogP contribution in [0.3, 0.4) is 0 Å². The van der Waals surface area contributed by atoms with E-state index < -0.39 is 0 Å². The molecule has 8 heteroatoms. The van der Waals surface area contributed by atoms with Crippen molar-refractivity contribution in [2.75, 3.05) is 14.1 Å². The van der Waals surface area contributed by atoms with E-state index in [1.807, 2.05) is 60.4 Å². The maximum Gasteiger partial charge on any atom is 0.127 e. The smallest absolute Gasteiger partial charge is 0.127 e. The normalized spacial score (nSPS) is 28.2. The lowest BCUT2D eigenvalue weighted by molar-refractivity contribution is 0.261. The summed E-state index contributed by atoms with van der Waals surface area (Å²) in [6.07, 6.45) is 11.3. The number of nitrogens with zero attached hydrogens (tertiary/aromatic N) is 6. The molecule has 128 valence electrons. The predicted octanol–water partition coefficient (Wildman–Crippen LogP) is 0.267. The van der Waals surface area contributed by atoms with E-state index in [1.54, 1.807) is 14.1 Å². The summed E-state index contributed by atoms with van der Waals surface area (Å²) in [4.78, 5) is 17.5. The number of rotatable bonds is 4. The Morgan fingerprint density at radius 1 is 0.875 bits per heavy atom. The van der Waals surface area contributed by atoms with E-state index in [1.165, 1.54) is 0 Å². The first-order valence-corrected chi connectivity index (χ1v) is 7.96. The van der Waals surface area contributed by atoms with Crippen LogP contribution in [-0.4, -0.2) is 57.7 Å². The van der Waals surface area contributed by atoms with Gasteiger partial charge < -0.3 is 9.13 Å². The minimum absolute atomic E-state index is 0.0249. The van der Waals surface area contributed by atoms with E-state index in [0.29, 0.717) is 0 Å². The van der Waals surface area contributed by atoms with Crippen LogP contribution in [0.2, 0.25) is 0 Å². The zero-order valence-electron chi connectivity index (χ0n) is 14.5. The Labute approximate surface area is 141 Å². The molecule has 4 atom stereocenters. The molecular formula is C16H24N8. The van der Waals surface area contributed by atoms with Crippen LogP contribution in [0, 0.1) is 0 Å². The molecular weight excluding hydrogens is 304 g/mol. The number of aromatic nitrogens is 4. The lowest BCUT2D eigenvalue weighted by atomic mass is 9.96. The highest BCUT2D eigenvalue weighted by Gasteiger charge is 2.39. The number of imidazole rings is 2. The second-order valence-electron chi connectivity index (χ2n) is 5.95. The maximum atomic E-state index is 4.54. The summed E-state index contributed by atoms with van der Waals surface area (Å²) in [5.41, 5.74) is 0. The summed E-state index contributed by atoms with van der Waals surface area (Å²) < 4.78 is 4.06. The van der Waals surface area contributed by atoms with Gasteiger partial charge in [-0.15, -0.1) is 0 Å². The van der Waals surface area contributed by atoms with E-state index in [2.05, 4.69) is 30.6 Å². The Morgan fingerprint density at radius 2 is 1.29 bits per heavy atom. The van der Waals surface area contributed by atoms with Gasteiger partial charge in [0.25, 0.3) is 0 Å². The number of hydrogen-bond donors (Lipinski definition) is 2. The molecule has 24 heavy (non-hydrogen) atoms. The van der Waals surface area contributed by atoms with Crippen molar-refractivity contribution in [3.05, 3.63) is 36.4 Å². The van der Waals surface area contributed by atoms with Gasteiger partial charge in [0.2, 0.25) is 0 Å². The van der Waals surface area contributed by atoms with Crippen LogP contribution in [0.4, 0.5) is 0 Å². The Hall–Kier alpha value is -2.32. The number of nitrogens with one attached hydrogen (secondary N) is 2. The third kappa shape index (κ3) is 3.02. The molecule has 2 aromatic heterocycles.